The van der Waals surface area contributed by atoms with Crippen molar-refractivity contribution in [2.24, 2.45) is 0 Å². The summed E-state index contributed by atoms with van der Waals surface area (Å²) in [7, 11) is -3.96. The number of nitriles is 1. The van der Waals surface area contributed by atoms with Crippen molar-refractivity contribution in [3.05, 3.63) is 59.1 Å². The second-order valence-electron chi connectivity index (χ2n) is 6.70. The summed E-state index contributed by atoms with van der Waals surface area (Å²) in [5.74, 6) is -0.301. The van der Waals surface area contributed by atoms with Crippen molar-refractivity contribution in [2.45, 2.75) is 23.8 Å². The van der Waals surface area contributed by atoms with Crippen molar-refractivity contribution in [3.8, 4) is 6.07 Å². The van der Waals surface area contributed by atoms with Gasteiger partial charge in [-0.05, 0) is 37.1 Å². The van der Waals surface area contributed by atoms with E-state index in [4.69, 9.17) is 5.26 Å². The molecule has 7 nitrogen and oxygen atoms in total. The Labute approximate surface area is 172 Å². The van der Waals surface area contributed by atoms with Crippen molar-refractivity contribution >= 4 is 37.5 Å². The first kappa shape index (κ1) is 19.5. The number of hydrogen-bond donors (Lipinski definition) is 1. The van der Waals surface area contributed by atoms with Crippen LogP contribution >= 0.6 is 11.3 Å². The number of nitrogens with zero attached hydrogens (tertiary/aromatic N) is 3. The summed E-state index contributed by atoms with van der Waals surface area (Å²) in [6.45, 7) is 0.208. The molecule has 0 radical (unpaired) electrons. The van der Waals surface area contributed by atoms with E-state index in [0.717, 1.165) is 28.1 Å². The Kier molecular flexibility index (Phi) is 5.32. The second kappa shape index (κ2) is 7.91. The van der Waals surface area contributed by atoms with Gasteiger partial charge >= 0.3 is 0 Å². The molecule has 3 aromatic rings. The molecule has 0 saturated carbocycles. The van der Waals surface area contributed by atoms with E-state index >= 15 is 0 Å². The highest BCUT2D eigenvalue weighted by atomic mass is 32.2. The maximum atomic E-state index is 12.8. The fourth-order valence-corrected chi connectivity index (χ4v) is 5.73. The summed E-state index contributed by atoms with van der Waals surface area (Å²) in [4.78, 5) is 19.0. The number of aromatic nitrogens is 1. The van der Waals surface area contributed by atoms with E-state index in [-0.39, 0.29) is 29.0 Å². The molecule has 29 heavy (non-hydrogen) atoms. The lowest BCUT2D eigenvalue weighted by Crippen LogP contribution is -2.40. The summed E-state index contributed by atoms with van der Waals surface area (Å²) in [6, 6.07) is 15.5. The molecule has 148 valence electrons. The molecule has 0 spiro atoms. The van der Waals surface area contributed by atoms with Crippen molar-refractivity contribution < 1.29 is 13.2 Å². The van der Waals surface area contributed by atoms with Gasteiger partial charge in [-0.3, -0.25) is 4.79 Å². The first-order valence-electron chi connectivity index (χ1n) is 9.13. The minimum Gasteiger partial charge on any atom is -0.332 e. The fourth-order valence-electron chi connectivity index (χ4n) is 3.48. The molecular weight excluding hydrogens is 408 g/mol. The molecule has 1 saturated heterocycles. The summed E-state index contributed by atoms with van der Waals surface area (Å²) in [6.07, 6.45) is 1.64. The Morgan fingerprint density at radius 2 is 2.00 bits per heavy atom. The van der Waals surface area contributed by atoms with E-state index < -0.39 is 10.0 Å². The summed E-state index contributed by atoms with van der Waals surface area (Å²) in [5.41, 5.74) is 0.946. The number of sulfonamides is 1. The van der Waals surface area contributed by atoms with Crippen LogP contribution in [0.15, 0.2) is 53.4 Å². The average molecular weight is 427 g/mol. The lowest BCUT2D eigenvalue weighted by molar-refractivity contribution is -0.130. The Balaban J connectivity index is 1.50. The van der Waals surface area contributed by atoms with Gasteiger partial charge in [-0.2, -0.15) is 5.26 Å². The van der Waals surface area contributed by atoms with Gasteiger partial charge in [-0.25, -0.2) is 18.1 Å². The van der Waals surface area contributed by atoms with E-state index in [1.165, 1.54) is 12.1 Å². The van der Waals surface area contributed by atoms with E-state index in [1.54, 1.807) is 28.4 Å². The zero-order valence-corrected chi connectivity index (χ0v) is 17.0. The maximum absolute atomic E-state index is 12.8. The van der Waals surface area contributed by atoms with E-state index in [2.05, 4.69) is 9.71 Å². The van der Waals surface area contributed by atoms with Crippen LogP contribution in [0.1, 0.15) is 29.5 Å². The summed E-state index contributed by atoms with van der Waals surface area (Å²) < 4.78 is 28.5. The van der Waals surface area contributed by atoms with Crippen LogP contribution in [0.5, 0.6) is 0 Å². The number of hydrogen-bond acceptors (Lipinski definition) is 6. The predicted molar refractivity (Wildman–Crippen MR) is 110 cm³/mol. The molecule has 2 heterocycles. The minimum atomic E-state index is -3.96. The molecule has 1 fully saturated rings. The van der Waals surface area contributed by atoms with Gasteiger partial charge in [-0.1, -0.05) is 24.3 Å². The third kappa shape index (κ3) is 3.87. The largest absolute Gasteiger partial charge is 0.332 e. The van der Waals surface area contributed by atoms with Crippen LogP contribution in [0.3, 0.4) is 0 Å². The SMILES string of the molecule is N#Cc1ccccc1S(=O)(=O)NCC(=O)N1CCC[C@@H]1c1nc2ccccc2s1. The van der Waals surface area contributed by atoms with Gasteiger partial charge in [0, 0.05) is 6.54 Å². The van der Waals surface area contributed by atoms with Crippen LogP contribution < -0.4 is 4.72 Å². The first-order chi connectivity index (χ1) is 14.0. The minimum absolute atomic E-state index is 0.0426. The van der Waals surface area contributed by atoms with Crippen LogP contribution in [0.25, 0.3) is 10.2 Å². The number of amides is 1. The average Bonchev–Trinajstić information content (AvgIpc) is 3.38. The highest BCUT2D eigenvalue weighted by Gasteiger charge is 2.32. The number of fused-ring (bicyclic) bond motifs is 1. The smallest absolute Gasteiger partial charge is 0.242 e. The Morgan fingerprint density at radius 3 is 2.79 bits per heavy atom. The van der Waals surface area contributed by atoms with Crippen molar-refractivity contribution in [2.75, 3.05) is 13.1 Å². The van der Waals surface area contributed by atoms with Gasteiger partial charge in [0.15, 0.2) is 0 Å². The van der Waals surface area contributed by atoms with Gasteiger partial charge in [0.05, 0.1) is 33.3 Å². The maximum Gasteiger partial charge on any atom is 0.242 e. The van der Waals surface area contributed by atoms with E-state index in [1.807, 2.05) is 30.3 Å². The molecule has 9 heteroatoms. The lowest BCUT2D eigenvalue weighted by Gasteiger charge is -2.23. The van der Waals surface area contributed by atoms with Gasteiger partial charge in [0.1, 0.15) is 11.1 Å². The number of rotatable bonds is 5. The Hall–Kier alpha value is -2.80. The number of thiazole rings is 1. The molecular formula is C20H18N4O3S2. The van der Waals surface area contributed by atoms with Crippen LogP contribution in [0.2, 0.25) is 0 Å². The zero-order valence-electron chi connectivity index (χ0n) is 15.4. The van der Waals surface area contributed by atoms with E-state index in [9.17, 15) is 13.2 Å². The summed E-state index contributed by atoms with van der Waals surface area (Å²) >= 11 is 1.56. The van der Waals surface area contributed by atoms with Gasteiger partial charge in [0.25, 0.3) is 0 Å². The number of para-hydroxylation sites is 1. The molecule has 1 N–H and O–H groups in total. The molecule has 1 aliphatic rings. The van der Waals surface area contributed by atoms with Crippen molar-refractivity contribution in [1.29, 1.82) is 5.26 Å². The highest BCUT2D eigenvalue weighted by Crippen LogP contribution is 2.36. The van der Waals surface area contributed by atoms with Crippen LogP contribution in [0, 0.1) is 11.3 Å². The molecule has 4 rings (SSSR count). The zero-order chi connectivity index (χ0) is 20.4. The topological polar surface area (TPSA) is 103 Å². The second-order valence-corrected chi connectivity index (χ2v) is 9.50. The Bertz CT molecular complexity index is 1180. The predicted octanol–water partition coefficient (Wildman–Crippen LogP) is 2.81. The monoisotopic (exact) mass is 426 g/mol. The molecule has 0 aliphatic carbocycles. The quantitative estimate of drug-likeness (QED) is 0.676. The first-order valence-corrected chi connectivity index (χ1v) is 11.4. The number of benzene rings is 2. The van der Waals surface area contributed by atoms with Crippen molar-refractivity contribution in [3.63, 3.8) is 0 Å². The third-order valence-electron chi connectivity index (χ3n) is 4.88. The van der Waals surface area contributed by atoms with Crippen LogP contribution in [-0.4, -0.2) is 37.3 Å². The molecule has 2 aromatic carbocycles. The molecule has 1 aliphatic heterocycles. The third-order valence-corrected chi connectivity index (χ3v) is 7.48. The standard InChI is InChI=1S/C20H18N4O3S2/c21-12-14-6-1-4-10-18(14)29(26,27)22-13-19(25)24-11-5-8-16(24)20-23-15-7-2-3-9-17(15)28-20/h1-4,6-7,9-10,16,22H,5,8,11,13H2/t16-/m1/s1. The Morgan fingerprint density at radius 1 is 1.24 bits per heavy atom. The number of likely N-dealkylation sites (tertiary alicyclic amines) is 1. The van der Waals surface area contributed by atoms with Gasteiger partial charge in [0.2, 0.25) is 15.9 Å². The molecule has 1 aromatic heterocycles. The molecule has 1 amide bonds. The number of nitrogens with one attached hydrogen (secondary N) is 1. The number of carbonyl (C=O) groups is 1. The normalized spacial score (nSPS) is 16.8. The highest BCUT2D eigenvalue weighted by molar-refractivity contribution is 7.89. The lowest BCUT2D eigenvalue weighted by atomic mass is 10.2. The summed E-state index contributed by atoms with van der Waals surface area (Å²) in [5, 5.41) is 10.00. The van der Waals surface area contributed by atoms with E-state index in [0.29, 0.717) is 6.54 Å². The molecule has 0 unspecified atom stereocenters. The van der Waals surface area contributed by atoms with Gasteiger partial charge < -0.3 is 4.90 Å². The fraction of sp³-hybridized carbons (Fsp3) is 0.250. The molecule has 1 atom stereocenters. The molecule has 0 bridgehead atoms. The van der Waals surface area contributed by atoms with Crippen LogP contribution in [-0.2, 0) is 14.8 Å². The number of carbonyl (C=O) groups excluding carboxylic acids is 1. The van der Waals surface area contributed by atoms with Crippen molar-refractivity contribution in [1.82, 2.24) is 14.6 Å². The van der Waals surface area contributed by atoms with Crippen LogP contribution in [0.4, 0.5) is 0 Å². The van der Waals surface area contributed by atoms with Gasteiger partial charge in [-0.15, -0.1) is 11.3 Å².